The summed E-state index contributed by atoms with van der Waals surface area (Å²) < 4.78 is 8.41. The van der Waals surface area contributed by atoms with Gasteiger partial charge in [0.1, 0.15) is 0 Å². The van der Waals surface area contributed by atoms with Gasteiger partial charge in [-0.3, -0.25) is 14.2 Å². The molecule has 0 aliphatic carbocycles. The molecule has 0 amide bonds. The fourth-order valence-corrected chi connectivity index (χ4v) is 3.07. The van der Waals surface area contributed by atoms with E-state index >= 15 is 0 Å². The molecule has 1 aromatic carbocycles. The molecule has 0 radical (unpaired) electrons. The van der Waals surface area contributed by atoms with E-state index in [1.54, 1.807) is 12.4 Å². The summed E-state index contributed by atoms with van der Waals surface area (Å²) in [5.74, 6) is 0.303. The zero-order valence-electron chi connectivity index (χ0n) is 13.6. The van der Waals surface area contributed by atoms with Crippen molar-refractivity contribution in [3.05, 3.63) is 62.4 Å². The molecule has 1 aliphatic rings. The second-order valence-corrected chi connectivity index (χ2v) is 6.23. The van der Waals surface area contributed by atoms with Crippen molar-refractivity contribution >= 4 is 0 Å². The van der Waals surface area contributed by atoms with Gasteiger partial charge in [-0.05, 0) is 43.9 Å². The van der Waals surface area contributed by atoms with Crippen molar-refractivity contribution in [3.63, 3.8) is 0 Å². The van der Waals surface area contributed by atoms with Crippen molar-refractivity contribution in [1.29, 1.82) is 0 Å². The molecule has 1 aromatic heterocycles. The van der Waals surface area contributed by atoms with Crippen LogP contribution in [0.2, 0.25) is 0 Å². The van der Waals surface area contributed by atoms with E-state index in [1.165, 1.54) is 9.13 Å². The lowest BCUT2D eigenvalue weighted by Crippen LogP contribution is -2.41. The smallest absolute Gasteiger partial charge is 0.320 e. The van der Waals surface area contributed by atoms with E-state index < -0.39 is 11.1 Å². The highest BCUT2D eigenvalue weighted by Gasteiger charge is 2.16. The Morgan fingerprint density at radius 3 is 2.74 bits per heavy atom. The van der Waals surface area contributed by atoms with Crippen LogP contribution in [-0.2, 0) is 11.3 Å². The fraction of sp³-hybridized carbons (Fsp3) is 0.444. The van der Waals surface area contributed by atoms with E-state index in [4.69, 9.17) is 4.74 Å². The summed E-state index contributed by atoms with van der Waals surface area (Å²) in [4.78, 5) is 24.9. The molecule has 1 saturated heterocycles. The standard InChI is InChI=1S/C18H22N2O3/c1-13-5-3-7-16(14(13)2)20-9-8-19(17(21)18(20)22)11-15-6-4-10-23-12-15/h3,5,7-9,15H,4,6,10-12H2,1-2H3. The molecular formula is C18H22N2O3. The van der Waals surface area contributed by atoms with Crippen molar-refractivity contribution in [2.75, 3.05) is 13.2 Å². The number of aryl methyl sites for hydroxylation is 1. The molecule has 0 N–H and O–H groups in total. The SMILES string of the molecule is Cc1cccc(-n2ccn(CC3CCCOC3)c(=O)c2=O)c1C. The minimum absolute atomic E-state index is 0.303. The lowest BCUT2D eigenvalue weighted by atomic mass is 10.0. The Kier molecular flexibility index (Phi) is 4.48. The van der Waals surface area contributed by atoms with Gasteiger partial charge in [0.2, 0.25) is 0 Å². The van der Waals surface area contributed by atoms with Crippen molar-refractivity contribution in [1.82, 2.24) is 9.13 Å². The highest BCUT2D eigenvalue weighted by Crippen LogP contribution is 2.16. The van der Waals surface area contributed by atoms with Gasteiger partial charge in [-0.2, -0.15) is 0 Å². The van der Waals surface area contributed by atoms with Crippen LogP contribution >= 0.6 is 0 Å². The maximum atomic E-state index is 12.5. The quantitative estimate of drug-likeness (QED) is 0.815. The van der Waals surface area contributed by atoms with Gasteiger partial charge < -0.3 is 9.30 Å². The summed E-state index contributed by atoms with van der Waals surface area (Å²) in [6, 6.07) is 5.76. The van der Waals surface area contributed by atoms with E-state index in [9.17, 15) is 9.59 Å². The number of ether oxygens (including phenoxy) is 1. The second-order valence-electron chi connectivity index (χ2n) is 6.23. The predicted octanol–water partition coefficient (Wildman–Crippen LogP) is 2.04. The topological polar surface area (TPSA) is 53.2 Å². The van der Waals surface area contributed by atoms with E-state index in [-0.39, 0.29) is 0 Å². The van der Waals surface area contributed by atoms with Crippen molar-refractivity contribution in [2.24, 2.45) is 5.92 Å². The molecule has 23 heavy (non-hydrogen) atoms. The molecule has 1 unspecified atom stereocenters. The van der Waals surface area contributed by atoms with Crippen LogP contribution < -0.4 is 11.1 Å². The van der Waals surface area contributed by atoms with E-state index in [1.807, 2.05) is 32.0 Å². The number of benzene rings is 1. The first-order chi connectivity index (χ1) is 11.1. The largest absolute Gasteiger partial charge is 0.381 e. The number of nitrogens with zero attached hydrogens (tertiary/aromatic N) is 2. The Morgan fingerprint density at radius 1 is 1.17 bits per heavy atom. The monoisotopic (exact) mass is 314 g/mol. The van der Waals surface area contributed by atoms with Crippen molar-refractivity contribution < 1.29 is 4.74 Å². The molecule has 5 heteroatoms. The summed E-state index contributed by atoms with van der Waals surface area (Å²) in [7, 11) is 0. The third kappa shape index (κ3) is 3.15. The average molecular weight is 314 g/mol. The molecule has 2 aromatic rings. The first kappa shape index (κ1) is 15.7. The van der Waals surface area contributed by atoms with Crippen LogP contribution in [0.15, 0.2) is 40.2 Å². The maximum absolute atomic E-state index is 12.5. The molecule has 5 nitrogen and oxygen atoms in total. The van der Waals surface area contributed by atoms with Crippen LogP contribution in [0, 0.1) is 19.8 Å². The fourth-order valence-electron chi connectivity index (χ4n) is 3.07. The first-order valence-electron chi connectivity index (χ1n) is 8.04. The van der Waals surface area contributed by atoms with Gasteiger partial charge in [0.05, 0.1) is 12.3 Å². The molecular weight excluding hydrogens is 292 g/mol. The van der Waals surface area contributed by atoms with Crippen LogP contribution in [0.4, 0.5) is 0 Å². The summed E-state index contributed by atoms with van der Waals surface area (Å²) in [5.41, 5.74) is 1.89. The molecule has 122 valence electrons. The summed E-state index contributed by atoms with van der Waals surface area (Å²) in [5, 5.41) is 0. The molecule has 1 fully saturated rings. The number of hydrogen-bond acceptors (Lipinski definition) is 3. The van der Waals surface area contributed by atoms with Gasteiger partial charge in [-0.25, -0.2) is 0 Å². The molecule has 0 spiro atoms. The molecule has 3 rings (SSSR count). The van der Waals surface area contributed by atoms with E-state index in [2.05, 4.69) is 0 Å². The average Bonchev–Trinajstić information content (AvgIpc) is 2.56. The third-order valence-electron chi connectivity index (χ3n) is 4.60. The van der Waals surface area contributed by atoms with Gasteiger partial charge in [0.25, 0.3) is 0 Å². The first-order valence-corrected chi connectivity index (χ1v) is 8.04. The lowest BCUT2D eigenvalue weighted by molar-refractivity contribution is 0.0479. The normalized spacial score (nSPS) is 18.1. The Bertz CT molecular complexity index is 814. The van der Waals surface area contributed by atoms with Crippen LogP contribution in [0.1, 0.15) is 24.0 Å². The summed E-state index contributed by atoms with van der Waals surface area (Å²) >= 11 is 0. The zero-order chi connectivity index (χ0) is 16.4. The molecule has 1 aliphatic heterocycles. The van der Waals surface area contributed by atoms with E-state index in [0.29, 0.717) is 19.1 Å². The van der Waals surface area contributed by atoms with Gasteiger partial charge >= 0.3 is 11.1 Å². The minimum Gasteiger partial charge on any atom is -0.381 e. The summed E-state index contributed by atoms with van der Waals surface area (Å²) in [6.07, 6.45) is 5.45. The van der Waals surface area contributed by atoms with Crippen LogP contribution in [0.25, 0.3) is 5.69 Å². The number of rotatable bonds is 3. The van der Waals surface area contributed by atoms with Gasteiger partial charge in [-0.15, -0.1) is 0 Å². The Hall–Kier alpha value is -2.14. The molecule has 0 saturated carbocycles. The summed E-state index contributed by atoms with van der Waals surface area (Å²) in [6.45, 7) is 5.95. The zero-order valence-corrected chi connectivity index (χ0v) is 13.6. The molecule has 2 heterocycles. The highest BCUT2D eigenvalue weighted by atomic mass is 16.5. The third-order valence-corrected chi connectivity index (χ3v) is 4.60. The highest BCUT2D eigenvalue weighted by molar-refractivity contribution is 5.44. The molecule has 0 bridgehead atoms. The van der Waals surface area contributed by atoms with E-state index in [0.717, 1.165) is 36.3 Å². The molecule has 1 atom stereocenters. The predicted molar refractivity (Wildman–Crippen MR) is 89.3 cm³/mol. The van der Waals surface area contributed by atoms with Gasteiger partial charge in [0.15, 0.2) is 0 Å². The van der Waals surface area contributed by atoms with Crippen LogP contribution in [0.3, 0.4) is 0 Å². The van der Waals surface area contributed by atoms with Crippen molar-refractivity contribution in [2.45, 2.75) is 33.2 Å². The number of aromatic nitrogens is 2. The lowest BCUT2D eigenvalue weighted by Gasteiger charge is -2.22. The van der Waals surface area contributed by atoms with Gasteiger partial charge in [0, 0.05) is 31.5 Å². The maximum Gasteiger partial charge on any atom is 0.320 e. The van der Waals surface area contributed by atoms with Crippen molar-refractivity contribution in [3.8, 4) is 5.69 Å². The second kappa shape index (κ2) is 6.54. The number of hydrogen-bond donors (Lipinski definition) is 0. The van der Waals surface area contributed by atoms with Crippen LogP contribution in [-0.4, -0.2) is 22.3 Å². The van der Waals surface area contributed by atoms with Gasteiger partial charge in [-0.1, -0.05) is 12.1 Å². The van der Waals surface area contributed by atoms with Crippen LogP contribution in [0.5, 0.6) is 0 Å². The Labute approximate surface area is 135 Å². The minimum atomic E-state index is -0.502. The Morgan fingerprint density at radius 2 is 2.00 bits per heavy atom. The Balaban J connectivity index is 1.96.